The summed E-state index contributed by atoms with van der Waals surface area (Å²) in [5, 5.41) is 2.75. The van der Waals surface area contributed by atoms with Crippen LogP contribution < -0.4 is 5.32 Å². The minimum atomic E-state index is -3.08. The van der Waals surface area contributed by atoms with E-state index in [1.807, 2.05) is 6.07 Å². The van der Waals surface area contributed by atoms with Crippen LogP contribution >= 0.6 is 0 Å². The number of methoxy groups -OCH3 is 1. The van der Waals surface area contributed by atoms with Crippen LogP contribution in [0.4, 0.5) is 10.6 Å². The zero-order chi connectivity index (χ0) is 16.9. The van der Waals surface area contributed by atoms with Crippen LogP contribution in [0, 0.1) is 0 Å². The van der Waals surface area contributed by atoms with Crippen LogP contribution in [0.25, 0.3) is 0 Å². The number of ether oxygens (including phenoxy) is 1. The van der Waals surface area contributed by atoms with Crippen LogP contribution in [0.2, 0.25) is 0 Å². The Morgan fingerprint density at radius 1 is 1.52 bits per heavy atom. The van der Waals surface area contributed by atoms with Crippen LogP contribution in [0.3, 0.4) is 0 Å². The highest BCUT2D eigenvalue weighted by molar-refractivity contribution is 7.91. The van der Waals surface area contributed by atoms with Gasteiger partial charge < -0.3 is 9.64 Å². The first kappa shape index (κ1) is 17.7. The molecule has 0 radical (unpaired) electrons. The SMILES string of the molecule is COCCc1ccnc(NC(=O)N2CCCS(=O)(=O)CC2C)c1. The lowest BCUT2D eigenvalue weighted by atomic mass is 10.2. The first-order valence-electron chi connectivity index (χ1n) is 7.63. The number of nitrogens with one attached hydrogen (secondary N) is 1. The maximum Gasteiger partial charge on any atom is 0.323 e. The van der Waals surface area contributed by atoms with Gasteiger partial charge in [-0.3, -0.25) is 5.32 Å². The number of carbonyl (C=O) groups is 1. The van der Waals surface area contributed by atoms with Crippen molar-refractivity contribution in [3.63, 3.8) is 0 Å². The van der Waals surface area contributed by atoms with Crippen LogP contribution in [0.15, 0.2) is 18.3 Å². The van der Waals surface area contributed by atoms with E-state index in [4.69, 9.17) is 4.74 Å². The third-order valence-corrected chi connectivity index (χ3v) is 5.70. The first-order chi connectivity index (χ1) is 10.9. The summed E-state index contributed by atoms with van der Waals surface area (Å²) in [4.78, 5) is 18.1. The highest BCUT2D eigenvalue weighted by Crippen LogP contribution is 2.14. The number of hydrogen-bond donors (Lipinski definition) is 1. The molecule has 7 nitrogen and oxygen atoms in total. The molecule has 1 fully saturated rings. The smallest absolute Gasteiger partial charge is 0.323 e. The van der Waals surface area contributed by atoms with Crippen molar-refractivity contribution >= 4 is 21.7 Å². The third kappa shape index (κ3) is 5.18. The molecular weight excluding hydrogens is 318 g/mol. The van der Waals surface area contributed by atoms with Gasteiger partial charge in [0.15, 0.2) is 9.84 Å². The van der Waals surface area contributed by atoms with Crippen LogP contribution in [0.1, 0.15) is 18.9 Å². The number of amides is 2. The summed E-state index contributed by atoms with van der Waals surface area (Å²) in [5.74, 6) is 0.594. The number of aromatic nitrogens is 1. The molecule has 2 rings (SSSR count). The maximum atomic E-state index is 12.4. The zero-order valence-corrected chi connectivity index (χ0v) is 14.3. The van der Waals surface area contributed by atoms with Gasteiger partial charge >= 0.3 is 6.03 Å². The quantitative estimate of drug-likeness (QED) is 0.892. The van der Waals surface area contributed by atoms with E-state index in [9.17, 15) is 13.2 Å². The van der Waals surface area contributed by atoms with Gasteiger partial charge in [-0.2, -0.15) is 0 Å². The fourth-order valence-electron chi connectivity index (χ4n) is 2.62. The van der Waals surface area contributed by atoms with Crippen molar-refractivity contribution in [3.8, 4) is 0 Å². The first-order valence-corrected chi connectivity index (χ1v) is 9.45. The topological polar surface area (TPSA) is 88.6 Å². The predicted octanol–water partition coefficient (Wildman–Crippen LogP) is 1.31. The summed E-state index contributed by atoms with van der Waals surface area (Å²) < 4.78 is 28.6. The van der Waals surface area contributed by atoms with E-state index in [1.165, 1.54) is 0 Å². The van der Waals surface area contributed by atoms with Crippen LogP contribution in [-0.4, -0.2) is 62.1 Å². The Labute approximate surface area is 137 Å². The molecular formula is C15H23N3O4S. The number of rotatable bonds is 4. The average Bonchev–Trinajstić information content (AvgIpc) is 2.62. The summed E-state index contributed by atoms with van der Waals surface area (Å²) in [6, 6.07) is 3.01. The molecule has 1 aromatic rings. The normalized spacial score (nSPS) is 20.8. The summed E-state index contributed by atoms with van der Waals surface area (Å²) in [5.41, 5.74) is 1.02. The highest BCUT2D eigenvalue weighted by atomic mass is 32.2. The second-order valence-corrected chi connectivity index (χ2v) is 7.96. The fourth-order valence-corrected chi connectivity index (χ4v) is 4.27. The number of urea groups is 1. The van der Waals surface area contributed by atoms with Gasteiger partial charge in [-0.05, 0) is 37.5 Å². The molecule has 1 N–H and O–H groups in total. The van der Waals surface area contributed by atoms with Crippen molar-refractivity contribution in [3.05, 3.63) is 23.9 Å². The van der Waals surface area contributed by atoms with Crippen molar-refractivity contribution in [1.29, 1.82) is 0 Å². The van der Waals surface area contributed by atoms with Gasteiger partial charge in [0.05, 0.1) is 18.1 Å². The molecule has 0 spiro atoms. The fraction of sp³-hybridized carbons (Fsp3) is 0.600. The number of carbonyl (C=O) groups excluding carboxylic acids is 1. The molecule has 1 aliphatic heterocycles. The standard InChI is InChI=1S/C15H23N3O4S/c1-12-11-23(20,21)9-3-7-18(12)15(19)17-14-10-13(4-6-16-14)5-8-22-2/h4,6,10,12H,3,5,7-9,11H2,1-2H3,(H,16,17,19). The number of anilines is 1. The summed E-state index contributed by atoms with van der Waals surface area (Å²) in [6.45, 7) is 2.78. The Hall–Kier alpha value is -1.67. The molecule has 0 aliphatic carbocycles. The third-order valence-electron chi connectivity index (χ3n) is 3.80. The molecule has 8 heteroatoms. The molecule has 0 saturated carbocycles. The number of pyridine rings is 1. The molecule has 1 aliphatic rings. The van der Waals surface area contributed by atoms with Gasteiger partial charge in [-0.1, -0.05) is 0 Å². The molecule has 1 unspecified atom stereocenters. The lowest BCUT2D eigenvalue weighted by Gasteiger charge is -2.26. The Balaban J connectivity index is 2.03. The Morgan fingerprint density at radius 2 is 2.30 bits per heavy atom. The molecule has 128 valence electrons. The molecule has 0 aromatic carbocycles. The van der Waals surface area contributed by atoms with E-state index in [2.05, 4.69) is 10.3 Å². The van der Waals surface area contributed by atoms with Gasteiger partial charge in [0.25, 0.3) is 0 Å². The number of nitrogens with zero attached hydrogens (tertiary/aromatic N) is 2. The second-order valence-electron chi connectivity index (χ2n) is 5.73. The molecule has 2 amide bonds. The molecule has 23 heavy (non-hydrogen) atoms. The minimum Gasteiger partial charge on any atom is -0.384 e. The van der Waals surface area contributed by atoms with Gasteiger partial charge in [0.1, 0.15) is 5.82 Å². The van der Waals surface area contributed by atoms with Gasteiger partial charge in [-0.25, -0.2) is 18.2 Å². The predicted molar refractivity (Wildman–Crippen MR) is 88.3 cm³/mol. The van der Waals surface area contributed by atoms with Crippen molar-refractivity contribution < 1.29 is 17.9 Å². The van der Waals surface area contributed by atoms with E-state index in [1.54, 1.807) is 31.2 Å². The van der Waals surface area contributed by atoms with E-state index < -0.39 is 9.84 Å². The highest BCUT2D eigenvalue weighted by Gasteiger charge is 2.28. The Kier molecular flexibility index (Phi) is 5.95. The van der Waals surface area contributed by atoms with E-state index in [0.717, 1.165) is 12.0 Å². The minimum absolute atomic E-state index is 0.00171. The largest absolute Gasteiger partial charge is 0.384 e. The van der Waals surface area contributed by atoms with E-state index in [0.29, 0.717) is 25.4 Å². The van der Waals surface area contributed by atoms with Gasteiger partial charge in [-0.15, -0.1) is 0 Å². The van der Waals surface area contributed by atoms with E-state index >= 15 is 0 Å². The molecule has 1 atom stereocenters. The monoisotopic (exact) mass is 341 g/mol. The Bertz CT molecular complexity index is 648. The maximum absolute atomic E-state index is 12.4. The molecule has 1 saturated heterocycles. The lowest BCUT2D eigenvalue weighted by Crippen LogP contribution is -2.43. The average molecular weight is 341 g/mol. The van der Waals surface area contributed by atoms with Crippen LogP contribution in [0.5, 0.6) is 0 Å². The summed E-state index contributed by atoms with van der Waals surface area (Å²) in [7, 11) is -1.44. The zero-order valence-electron chi connectivity index (χ0n) is 13.5. The number of hydrogen-bond acceptors (Lipinski definition) is 5. The van der Waals surface area contributed by atoms with Crippen molar-refractivity contribution in [2.75, 3.05) is 37.1 Å². The van der Waals surface area contributed by atoms with Crippen LogP contribution in [-0.2, 0) is 21.0 Å². The van der Waals surface area contributed by atoms with Gasteiger partial charge in [0.2, 0.25) is 0 Å². The molecule has 0 bridgehead atoms. The second kappa shape index (κ2) is 7.74. The summed E-state index contributed by atoms with van der Waals surface area (Å²) >= 11 is 0. The van der Waals surface area contributed by atoms with Crippen molar-refractivity contribution in [1.82, 2.24) is 9.88 Å². The van der Waals surface area contributed by atoms with Crippen molar-refractivity contribution in [2.24, 2.45) is 0 Å². The Morgan fingerprint density at radius 3 is 3.04 bits per heavy atom. The van der Waals surface area contributed by atoms with Gasteiger partial charge in [0, 0.05) is 25.9 Å². The number of sulfone groups is 1. The van der Waals surface area contributed by atoms with E-state index in [-0.39, 0.29) is 23.6 Å². The molecule has 1 aromatic heterocycles. The van der Waals surface area contributed by atoms with Crippen molar-refractivity contribution in [2.45, 2.75) is 25.8 Å². The lowest BCUT2D eigenvalue weighted by molar-refractivity contribution is 0.199. The summed E-state index contributed by atoms with van der Waals surface area (Å²) in [6.07, 6.45) is 2.83. The molecule has 2 heterocycles.